The zero-order valence-electron chi connectivity index (χ0n) is 11.7. The van der Waals surface area contributed by atoms with Crippen molar-refractivity contribution in [2.75, 3.05) is 5.73 Å². The Balaban J connectivity index is 2.51. The van der Waals surface area contributed by atoms with Gasteiger partial charge in [-0.05, 0) is 55.7 Å². The second-order valence-corrected chi connectivity index (χ2v) is 4.82. The first-order valence-corrected chi connectivity index (χ1v) is 6.27. The van der Waals surface area contributed by atoms with Crippen molar-refractivity contribution in [1.29, 1.82) is 0 Å². The quantitative estimate of drug-likeness (QED) is 0.835. The summed E-state index contributed by atoms with van der Waals surface area (Å²) in [4.78, 5) is 11.3. The first-order chi connectivity index (χ1) is 9.40. The second-order valence-electron chi connectivity index (χ2n) is 4.82. The van der Waals surface area contributed by atoms with E-state index in [1.165, 1.54) is 6.07 Å². The van der Waals surface area contributed by atoms with E-state index in [0.29, 0.717) is 17.2 Å². The van der Waals surface area contributed by atoms with Gasteiger partial charge in [-0.2, -0.15) is 0 Å². The molecule has 0 spiro atoms. The zero-order chi connectivity index (χ0) is 14.9. The predicted molar refractivity (Wildman–Crippen MR) is 78.5 cm³/mol. The standard InChI is InChI=1S/C16H17NO3/c1-9-4-5-10(2)15(11(9)3)20-14-7-6-12(17)8-13(14)16(18)19/h4-8H,17H2,1-3H3,(H,18,19). The molecule has 4 heteroatoms. The van der Waals surface area contributed by atoms with E-state index in [1.54, 1.807) is 12.1 Å². The topological polar surface area (TPSA) is 72.5 Å². The Kier molecular flexibility index (Phi) is 3.66. The fraction of sp³-hybridized carbons (Fsp3) is 0.188. The van der Waals surface area contributed by atoms with E-state index in [1.807, 2.05) is 32.9 Å². The number of aryl methyl sites for hydroxylation is 2. The fourth-order valence-electron chi connectivity index (χ4n) is 2.00. The Bertz CT molecular complexity index is 678. The summed E-state index contributed by atoms with van der Waals surface area (Å²) in [6.07, 6.45) is 0. The highest BCUT2D eigenvalue weighted by atomic mass is 16.5. The first kappa shape index (κ1) is 13.9. The van der Waals surface area contributed by atoms with E-state index in [4.69, 9.17) is 10.5 Å². The number of carboxylic acid groups (broad SMARTS) is 1. The summed E-state index contributed by atoms with van der Waals surface area (Å²) in [5.74, 6) is -0.0731. The number of aromatic carboxylic acids is 1. The number of nitrogens with two attached hydrogens (primary N) is 1. The number of carboxylic acids is 1. The first-order valence-electron chi connectivity index (χ1n) is 6.27. The molecular weight excluding hydrogens is 254 g/mol. The molecule has 0 aliphatic rings. The van der Waals surface area contributed by atoms with Crippen LogP contribution in [0.4, 0.5) is 5.69 Å². The summed E-state index contributed by atoms with van der Waals surface area (Å²) in [6, 6.07) is 8.58. The highest BCUT2D eigenvalue weighted by Crippen LogP contribution is 2.33. The van der Waals surface area contributed by atoms with E-state index in [0.717, 1.165) is 16.7 Å². The van der Waals surface area contributed by atoms with Crippen molar-refractivity contribution < 1.29 is 14.6 Å². The van der Waals surface area contributed by atoms with E-state index in [-0.39, 0.29) is 5.56 Å². The summed E-state index contributed by atoms with van der Waals surface area (Å²) >= 11 is 0. The molecule has 0 aliphatic carbocycles. The summed E-state index contributed by atoms with van der Waals surface area (Å²) in [5.41, 5.74) is 9.13. The van der Waals surface area contributed by atoms with Gasteiger partial charge in [0.15, 0.2) is 0 Å². The Morgan fingerprint density at radius 3 is 2.40 bits per heavy atom. The van der Waals surface area contributed by atoms with E-state index in [2.05, 4.69) is 0 Å². The smallest absolute Gasteiger partial charge is 0.339 e. The highest BCUT2D eigenvalue weighted by molar-refractivity contribution is 5.92. The van der Waals surface area contributed by atoms with Gasteiger partial charge in [0.2, 0.25) is 0 Å². The molecule has 0 aromatic heterocycles. The molecule has 2 aromatic rings. The van der Waals surface area contributed by atoms with Crippen LogP contribution in [0.2, 0.25) is 0 Å². The van der Waals surface area contributed by atoms with E-state index in [9.17, 15) is 9.90 Å². The summed E-state index contributed by atoms with van der Waals surface area (Å²) in [7, 11) is 0. The maximum atomic E-state index is 11.3. The number of nitrogen functional groups attached to an aromatic ring is 1. The van der Waals surface area contributed by atoms with E-state index < -0.39 is 5.97 Å². The van der Waals surface area contributed by atoms with Crippen LogP contribution in [0.15, 0.2) is 30.3 Å². The van der Waals surface area contributed by atoms with Gasteiger partial charge in [0.05, 0.1) is 0 Å². The summed E-state index contributed by atoms with van der Waals surface area (Å²) in [6.45, 7) is 5.87. The van der Waals surface area contributed by atoms with Crippen molar-refractivity contribution in [3.8, 4) is 11.5 Å². The molecule has 0 radical (unpaired) electrons. The number of rotatable bonds is 3. The Morgan fingerprint density at radius 1 is 1.10 bits per heavy atom. The minimum atomic E-state index is -1.06. The number of carbonyl (C=O) groups is 1. The monoisotopic (exact) mass is 271 g/mol. The molecule has 3 N–H and O–H groups in total. The molecule has 2 rings (SSSR count). The van der Waals surface area contributed by atoms with Gasteiger partial charge < -0.3 is 15.6 Å². The van der Waals surface area contributed by atoms with Gasteiger partial charge in [0, 0.05) is 5.69 Å². The molecule has 0 amide bonds. The minimum absolute atomic E-state index is 0.0605. The Hall–Kier alpha value is -2.49. The lowest BCUT2D eigenvalue weighted by molar-refractivity contribution is 0.0694. The van der Waals surface area contributed by atoms with Gasteiger partial charge in [-0.25, -0.2) is 4.79 Å². The van der Waals surface area contributed by atoms with Gasteiger partial charge in [-0.3, -0.25) is 0 Å². The molecular formula is C16H17NO3. The number of anilines is 1. The molecule has 0 saturated heterocycles. The molecule has 0 bridgehead atoms. The molecule has 0 fully saturated rings. The Labute approximate surface area is 117 Å². The fourth-order valence-corrected chi connectivity index (χ4v) is 2.00. The third-order valence-corrected chi connectivity index (χ3v) is 3.32. The van der Waals surface area contributed by atoms with Gasteiger partial charge in [0.25, 0.3) is 0 Å². The number of ether oxygens (including phenoxy) is 1. The van der Waals surface area contributed by atoms with Crippen LogP contribution in [-0.2, 0) is 0 Å². The van der Waals surface area contributed by atoms with Gasteiger partial charge >= 0.3 is 5.97 Å². The average Bonchev–Trinajstić information content (AvgIpc) is 2.40. The minimum Gasteiger partial charge on any atom is -0.478 e. The van der Waals surface area contributed by atoms with E-state index >= 15 is 0 Å². The Morgan fingerprint density at radius 2 is 1.75 bits per heavy atom. The van der Waals surface area contributed by atoms with Crippen molar-refractivity contribution in [2.45, 2.75) is 20.8 Å². The van der Waals surface area contributed by atoms with Crippen molar-refractivity contribution in [2.24, 2.45) is 0 Å². The highest BCUT2D eigenvalue weighted by Gasteiger charge is 2.15. The summed E-state index contributed by atoms with van der Waals surface area (Å²) < 4.78 is 5.83. The third-order valence-electron chi connectivity index (χ3n) is 3.32. The molecule has 104 valence electrons. The van der Waals surface area contributed by atoms with Crippen LogP contribution in [-0.4, -0.2) is 11.1 Å². The second kappa shape index (κ2) is 5.25. The maximum absolute atomic E-state index is 11.3. The largest absolute Gasteiger partial charge is 0.478 e. The third kappa shape index (κ3) is 2.59. The van der Waals surface area contributed by atoms with Crippen molar-refractivity contribution in [3.05, 3.63) is 52.6 Å². The predicted octanol–water partition coefficient (Wildman–Crippen LogP) is 3.68. The average molecular weight is 271 g/mol. The summed E-state index contributed by atoms with van der Waals surface area (Å²) in [5, 5.41) is 9.23. The van der Waals surface area contributed by atoms with Crippen LogP contribution < -0.4 is 10.5 Å². The van der Waals surface area contributed by atoms with Crippen molar-refractivity contribution in [3.63, 3.8) is 0 Å². The van der Waals surface area contributed by atoms with Crippen molar-refractivity contribution in [1.82, 2.24) is 0 Å². The van der Waals surface area contributed by atoms with Gasteiger partial charge in [-0.15, -0.1) is 0 Å². The molecule has 2 aromatic carbocycles. The maximum Gasteiger partial charge on any atom is 0.339 e. The van der Waals surface area contributed by atoms with Crippen LogP contribution >= 0.6 is 0 Å². The lowest BCUT2D eigenvalue weighted by Crippen LogP contribution is -2.03. The molecule has 0 heterocycles. The van der Waals surface area contributed by atoms with Crippen LogP contribution in [0.3, 0.4) is 0 Å². The van der Waals surface area contributed by atoms with Crippen LogP contribution in [0.5, 0.6) is 11.5 Å². The van der Waals surface area contributed by atoms with Crippen molar-refractivity contribution >= 4 is 11.7 Å². The normalized spacial score (nSPS) is 10.3. The molecule has 4 nitrogen and oxygen atoms in total. The molecule has 0 unspecified atom stereocenters. The number of hydrogen-bond acceptors (Lipinski definition) is 3. The van der Waals surface area contributed by atoms with Crippen LogP contribution in [0.25, 0.3) is 0 Å². The van der Waals surface area contributed by atoms with Crippen LogP contribution in [0, 0.1) is 20.8 Å². The van der Waals surface area contributed by atoms with Crippen LogP contribution in [0.1, 0.15) is 27.0 Å². The number of hydrogen-bond donors (Lipinski definition) is 2. The molecule has 0 atom stereocenters. The lowest BCUT2D eigenvalue weighted by atomic mass is 10.1. The molecule has 0 aliphatic heterocycles. The lowest BCUT2D eigenvalue weighted by Gasteiger charge is -2.15. The SMILES string of the molecule is Cc1ccc(C)c(Oc2ccc(N)cc2C(=O)O)c1C. The zero-order valence-corrected chi connectivity index (χ0v) is 11.7. The van der Waals surface area contributed by atoms with Gasteiger partial charge in [0.1, 0.15) is 17.1 Å². The molecule has 20 heavy (non-hydrogen) atoms. The molecule has 0 saturated carbocycles. The van der Waals surface area contributed by atoms with Gasteiger partial charge in [-0.1, -0.05) is 12.1 Å². The number of benzene rings is 2.